The summed E-state index contributed by atoms with van der Waals surface area (Å²) in [6.07, 6.45) is 6.12. The van der Waals surface area contributed by atoms with E-state index in [1.165, 1.54) is 0 Å². The minimum Gasteiger partial charge on any atom is -0.390 e. The molecule has 0 spiro atoms. The average molecular weight is 207 g/mol. The van der Waals surface area contributed by atoms with Crippen LogP contribution in [0.4, 0.5) is 0 Å². The van der Waals surface area contributed by atoms with Crippen LogP contribution in [0.1, 0.15) is 38.5 Å². The van der Waals surface area contributed by atoms with Crippen molar-refractivity contribution >= 4 is 8.80 Å². The van der Waals surface area contributed by atoms with E-state index >= 15 is 0 Å². The lowest BCUT2D eigenvalue weighted by molar-refractivity contribution is 0.226. The molecular weight excluding hydrogens is 186 g/mol. The fraction of sp³-hybridized carbons (Fsp3) is 1.00. The molecule has 0 saturated heterocycles. The van der Waals surface area contributed by atoms with E-state index in [4.69, 9.17) is 20.1 Å². The highest BCUT2D eigenvalue weighted by atomic mass is 28.4. The molecule has 4 nitrogen and oxygen atoms in total. The number of hydrogen-bond donors (Lipinski definition) is 4. The summed E-state index contributed by atoms with van der Waals surface area (Å²) < 4.78 is 0. The molecule has 5 N–H and O–H groups in total. The Morgan fingerprint density at radius 2 is 1.23 bits per heavy atom. The van der Waals surface area contributed by atoms with Crippen LogP contribution >= 0.6 is 0 Å². The maximum absolute atomic E-state index is 8.69. The van der Waals surface area contributed by atoms with Gasteiger partial charge in [-0.1, -0.05) is 25.7 Å². The van der Waals surface area contributed by atoms with Gasteiger partial charge in [0.05, 0.1) is 0 Å². The molecule has 13 heavy (non-hydrogen) atoms. The monoisotopic (exact) mass is 207 g/mol. The highest BCUT2D eigenvalue weighted by Crippen LogP contribution is 2.10. The highest BCUT2D eigenvalue weighted by molar-refractivity contribution is 6.56. The molecule has 0 fully saturated rings. The topological polar surface area (TPSA) is 86.7 Å². The Balaban J connectivity index is 3.00. The number of hydrogen-bond acceptors (Lipinski definition) is 4. The molecule has 0 atom stereocenters. The maximum Gasteiger partial charge on any atom is 0.492 e. The van der Waals surface area contributed by atoms with E-state index in [2.05, 4.69) is 0 Å². The fourth-order valence-corrected chi connectivity index (χ4v) is 1.94. The lowest BCUT2D eigenvalue weighted by Gasteiger charge is -2.08. The molecule has 0 radical (unpaired) electrons. The second kappa shape index (κ2) is 7.46. The summed E-state index contributed by atoms with van der Waals surface area (Å²) in [5.74, 6) is 0. The summed E-state index contributed by atoms with van der Waals surface area (Å²) in [6, 6.07) is 0.171. The number of rotatable bonds is 8. The van der Waals surface area contributed by atoms with Gasteiger partial charge in [-0.2, -0.15) is 0 Å². The smallest absolute Gasteiger partial charge is 0.390 e. The van der Waals surface area contributed by atoms with Gasteiger partial charge in [-0.05, 0) is 19.4 Å². The van der Waals surface area contributed by atoms with Crippen molar-refractivity contribution in [1.29, 1.82) is 0 Å². The zero-order valence-electron chi connectivity index (χ0n) is 8.08. The van der Waals surface area contributed by atoms with Gasteiger partial charge in [0, 0.05) is 6.04 Å². The van der Waals surface area contributed by atoms with E-state index in [0.717, 1.165) is 38.6 Å². The molecule has 0 amide bonds. The number of nitrogens with two attached hydrogens (primary N) is 1. The first kappa shape index (κ1) is 13.1. The van der Waals surface area contributed by atoms with Gasteiger partial charge in [0.15, 0.2) is 0 Å². The lowest BCUT2D eigenvalue weighted by Crippen LogP contribution is -2.33. The Morgan fingerprint density at radius 3 is 1.69 bits per heavy atom. The summed E-state index contributed by atoms with van der Waals surface area (Å²) in [7, 11) is -3.75. The van der Waals surface area contributed by atoms with Crippen molar-refractivity contribution in [1.82, 2.24) is 0 Å². The standard InChI is InChI=1S/C8H21NO3Si/c9-7-5-3-1-2-4-6-8-13(10,11)12/h10-12H,1-9H2. The molecule has 0 aliphatic rings. The van der Waals surface area contributed by atoms with Crippen LogP contribution in [-0.2, 0) is 0 Å². The second-order valence-electron chi connectivity index (χ2n) is 3.43. The van der Waals surface area contributed by atoms with Gasteiger partial charge in [0.2, 0.25) is 0 Å². The van der Waals surface area contributed by atoms with Crippen LogP contribution in [0.25, 0.3) is 0 Å². The van der Waals surface area contributed by atoms with E-state index < -0.39 is 8.80 Å². The molecule has 0 aliphatic heterocycles. The summed E-state index contributed by atoms with van der Waals surface area (Å²) in [5.41, 5.74) is 5.33. The third kappa shape index (κ3) is 12.1. The SMILES string of the molecule is NCCCCCCCC[Si](O)(O)O. The largest absolute Gasteiger partial charge is 0.492 e. The third-order valence-corrected chi connectivity index (χ3v) is 2.99. The quantitative estimate of drug-likeness (QED) is 0.338. The van der Waals surface area contributed by atoms with Crippen molar-refractivity contribution < 1.29 is 14.4 Å². The van der Waals surface area contributed by atoms with Crippen LogP contribution in [0.3, 0.4) is 0 Å². The Bertz CT molecular complexity index is 116. The zero-order valence-corrected chi connectivity index (χ0v) is 9.08. The minimum atomic E-state index is -3.75. The molecule has 0 unspecified atom stereocenters. The first-order chi connectivity index (χ1) is 6.06. The van der Waals surface area contributed by atoms with Gasteiger partial charge in [-0.3, -0.25) is 0 Å². The van der Waals surface area contributed by atoms with E-state index in [1.807, 2.05) is 0 Å². The first-order valence-electron chi connectivity index (χ1n) is 4.93. The van der Waals surface area contributed by atoms with Gasteiger partial charge in [0.25, 0.3) is 0 Å². The Labute approximate surface area is 80.8 Å². The molecule has 0 aromatic heterocycles. The van der Waals surface area contributed by atoms with E-state index in [0.29, 0.717) is 6.42 Å². The maximum atomic E-state index is 8.69. The highest BCUT2D eigenvalue weighted by Gasteiger charge is 2.25. The van der Waals surface area contributed by atoms with Crippen LogP contribution in [0.15, 0.2) is 0 Å². The Hall–Kier alpha value is 0.0569. The molecule has 0 bridgehead atoms. The zero-order chi connectivity index (χ0) is 10.2. The van der Waals surface area contributed by atoms with Gasteiger partial charge < -0.3 is 20.1 Å². The average Bonchev–Trinajstić information content (AvgIpc) is 2.01. The van der Waals surface area contributed by atoms with Crippen molar-refractivity contribution in [3.63, 3.8) is 0 Å². The van der Waals surface area contributed by atoms with Crippen molar-refractivity contribution in [3.8, 4) is 0 Å². The fourth-order valence-electron chi connectivity index (χ4n) is 1.21. The van der Waals surface area contributed by atoms with Crippen LogP contribution in [0, 0.1) is 0 Å². The van der Waals surface area contributed by atoms with Crippen LogP contribution in [0.5, 0.6) is 0 Å². The van der Waals surface area contributed by atoms with Gasteiger partial charge in [0.1, 0.15) is 0 Å². The van der Waals surface area contributed by atoms with Crippen molar-refractivity contribution in [2.24, 2.45) is 5.73 Å². The molecule has 5 heteroatoms. The van der Waals surface area contributed by atoms with Crippen molar-refractivity contribution in [2.45, 2.75) is 44.6 Å². The van der Waals surface area contributed by atoms with E-state index in [9.17, 15) is 0 Å². The lowest BCUT2D eigenvalue weighted by atomic mass is 10.1. The van der Waals surface area contributed by atoms with Crippen LogP contribution in [0.2, 0.25) is 6.04 Å². The normalized spacial score (nSPS) is 12.0. The van der Waals surface area contributed by atoms with Gasteiger partial charge in [-0.15, -0.1) is 0 Å². The predicted octanol–water partition coefficient (Wildman–Crippen LogP) is 0.201. The molecule has 80 valence electrons. The van der Waals surface area contributed by atoms with Crippen molar-refractivity contribution in [2.75, 3.05) is 6.54 Å². The second-order valence-corrected chi connectivity index (χ2v) is 5.48. The Morgan fingerprint density at radius 1 is 0.769 bits per heavy atom. The summed E-state index contributed by atoms with van der Waals surface area (Å²) in [4.78, 5) is 26.1. The molecule has 0 aromatic carbocycles. The molecule has 0 saturated carbocycles. The minimum absolute atomic E-state index is 0.171. The Kier molecular flexibility index (Phi) is 7.49. The van der Waals surface area contributed by atoms with E-state index in [-0.39, 0.29) is 6.04 Å². The van der Waals surface area contributed by atoms with Crippen LogP contribution < -0.4 is 5.73 Å². The van der Waals surface area contributed by atoms with E-state index in [1.54, 1.807) is 0 Å². The van der Waals surface area contributed by atoms with Crippen molar-refractivity contribution in [3.05, 3.63) is 0 Å². The third-order valence-electron chi connectivity index (χ3n) is 1.97. The number of unbranched alkanes of at least 4 members (excludes halogenated alkanes) is 5. The predicted molar refractivity (Wildman–Crippen MR) is 54.0 cm³/mol. The summed E-state index contributed by atoms with van der Waals surface area (Å²) >= 11 is 0. The van der Waals surface area contributed by atoms with Gasteiger partial charge >= 0.3 is 8.80 Å². The molecule has 0 aromatic rings. The summed E-state index contributed by atoms with van der Waals surface area (Å²) in [6.45, 7) is 0.750. The van der Waals surface area contributed by atoms with Crippen LogP contribution in [-0.4, -0.2) is 29.7 Å². The molecule has 0 aliphatic carbocycles. The van der Waals surface area contributed by atoms with Gasteiger partial charge in [-0.25, -0.2) is 0 Å². The summed E-state index contributed by atoms with van der Waals surface area (Å²) in [5, 5.41) is 0. The molecule has 0 heterocycles. The molecule has 0 rings (SSSR count). The molecular formula is C8H21NO3Si. The first-order valence-corrected chi connectivity index (χ1v) is 6.98.